The molecule has 1 heterocycles. The Morgan fingerprint density at radius 3 is 2.57 bits per heavy atom. The zero-order valence-corrected chi connectivity index (χ0v) is 16.8. The van der Waals surface area contributed by atoms with Gasteiger partial charge in [-0.1, -0.05) is 17.7 Å². The molecular formula is C18H14Cl3F4NO2. The largest absolute Gasteiger partial charge is 0.468 e. The van der Waals surface area contributed by atoms with E-state index < -0.39 is 34.3 Å². The fourth-order valence-electron chi connectivity index (χ4n) is 2.56. The minimum Gasteiger partial charge on any atom is -0.468 e. The molecule has 0 saturated heterocycles. The van der Waals surface area contributed by atoms with E-state index in [1.54, 1.807) is 0 Å². The summed E-state index contributed by atoms with van der Waals surface area (Å²) in [6, 6.07) is 0. The molecule has 0 aromatic carbocycles. The van der Waals surface area contributed by atoms with Crippen molar-refractivity contribution in [1.29, 1.82) is 0 Å². The van der Waals surface area contributed by atoms with Crippen LogP contribution in [-0.4, -0.2) is 28.8 Å². The molecule has 152 valence electrons. The Labute approximate surface area is 173 Å². The fourth-order valence-corrected chi connectivity index (χ4v) is 3.36. The van der Waals surface area contributed by atoms with Crippen molar-refractivity contribution in [3.05, 3.63) is 57.7 Å². The number of ether oxygens (including phenoxy) is 1. The molecule has 0 radical (unpaired) electrons. The molecule has 0 bridgehead atoms. The van der Waals surface area contributed by atoms with E-state index in [0.717, 1.165) is 6.08 Å². The van der Waals surface area contributed by atoms with Crippen molar-refractivity contribution in [3.8, 4) is 0 Å². The SMILES string of the molecule is COC(=O)C(Cl)CC1=CC(Cl)C=C(F)C(c2ncc(C(F)(F)F)c(C)c2Cl)=C1. The number of pyridine rings is 1. The molecule has 2 atom stereocenters. The standard InChI is InChI=1S/C18H14Cl3F4NO2/c1-8-12(18(23,24)25)7-26-16(15(8)21)11-4-9(3-10(19)6-14(11)22)5-13(20)17(27)28-2/h3-4,6-7,10,13H,5H2,1-2H3. The second-order valence-electron chi connectivity index (χ2n) is 5.91. The number of halogens is 7. The van der Waals surface area contributed by atoms with Gasteiger partial charge in [-0.15, -0.1) is 23.2 Å². The number of carbonyl (C=O) groups is 1. The first-order valence-electron chi connectivity index (χ1n) is 7.84. The summed E-state index contributed by atoms with van der Waals surface area (Å²) in [6.07, 6.45) is -0.295. The Morgan fingerprint density at radius 1 is 1.36 bits per heavy atom. The molecule has 0 aliphatic heterocycles. The normalized spacial score (nSPS) is 18.6. The van der Waals surface area contributed by atoms with Crippen LogP contribution in [0.25, 0.3) is 5.57 Å². The fraction of sp³-hybridized carbons (Fsp3) is 0.333. The first-order valence-corrected chi connectivity index (χ1v) is 9.09. The topological polar surface area (TPSA) is 39.2 Å². The highest BCUT2D eigenvalue weighted by molar-refractivity contribution is 6.33. The lowest BCUT2D eigenvalue weighted by atomic mass is 10.0. The molecule has 0 saturated carbocycles. The summed E-state index contributed by atoms with van der Waals surface area (Å²) in [7, 11) is 1.17. The third-order valence-electron chi connectivity index (χ3n) is 3.96. The van der Waals surface area contributed by atoms with Gasteiger partial charge in [0.15, 0.2) is 0 Å². The van der Waals surface area contributed by atoms with Crippen LogP contribution in [0.2, 0.25) is 5.02 Å². The number of carbonyl (C=O) groups excluding carboxylic acids is 1. The van der Waals surface area contributed by atoms with E-state index in [-0.39, 0.29) is 28.3 Å². The zero-order chi connectivity index (χ0) is 21.2. The van der Waals surface area contributed by atoms with E-state index in [1.807, 2.05) is 0 Å². The van der Waals surface area contributed by atoms with Crippen molar-refractivity contribution in [2.75, 3.05) is 7.11 Å². The van der Waals surface area contributed by atoms with Crippen molar-refractivity contribution >= 4 is 46.3 Å². The van der Waals surface area contributed by atoms with E-state index in [0.29, 0.717) is 11.8 Å². The Kier molecular flexibility index (Phi) is 7.17. The van der Waals surface area contributed by atoms with Gasteiger partial charge in [-0.25, -0.2) is 4.39 Å². The number of nitrogens with zero attached hydrogens (tertiary/aromatic N) is 1. The van der Waals surface area contributed by atoms with Gasteiger partial charge in [0.1, 0.15) is 11.2 Å². The first-order chi connectivity index (χ1) is 13.0. The van der Waals surface area contributed by atoms with Crippen molar-refractivity contribution in [1.82, 2.24) is 4.98 Å². The van der Waals surface area contributed by atoms with Crippen LogP contribution in [0.3, 0.4) is 0 Å². The molecule has 2 unspecified atom stereocenters. The number of aromatic nitrogens is 1. The summed E-state index contributed by atoms with van der Waals surface area (Å²) in [6.45, 7) is 1.17. The lowest BCUT2D eigenvalue weighted by molar-refractivity contribution is -0.140. The van der Waals surface area contributed by atoms with Gasteiger partial charge in [0.2, 0.25) is 0 Å². The number of hydrogen-bond acceptors (Lipinski definition) is 3. The first kappa shape index (κ1) is 22.7. The summed E-state index contributed by atoms with van der Waals surface area (Å²) in [5, 5.41) is -2.27. The van der Waals surface area contributed by atoms with Gasteiger partial charge >= 0.3 is 12.1 Å². The lowest BCUT2D eigenvalue weighted by Crippen LogP contribution is -2.16. The Balaban J connectivity index is 2.53. The highest BCUT2D eigenvalue weighted by atomic mass is 35.5. The van der Waals surface area contributed by atoms with Gasteiger partial charge in [0.05, 0.1) is 28.8 Å². The van der Waals surface area contributed by atoms with E-state index in [1.165, 1.54) is 26.2 Å². The molecule has 0 amide bonds. The maximum Gasteiger partial charge on any atom is 0.418 e. The van der Waals surface area contributed by atoms with Crippen LogP contribution in [0.4, 0.5) is 17.6 Å². The van der Waals surface area contributed by atoms with Gasteiger partial charge in [-0.2, -0.15) is 13.2 Å². The summed E-state index contributed by atoms with van der Waals surface area (Å²) in [5.41, 5.74) is -1.27. The second kappa shape index (κ2) is 8.84. The van der Waals surface area contributed by atoms with Crippen molar-refractivity contribution in [2.24, 2.45) is 0 Å². The quantitative estimate of drug-likeness (QED) is 0.315. The average molecular weight is 459 g/mol. The summed E-state index contributed by atoms with van der Waals surface area (Å²) in [5.74, 6) is -1.51. The minimum absolute atomic E-state index is 0.0424. The Hall–Kier alpha value is -1.57. The molecule has 28 heavy (non-hydrogen) atoms. The van der Waals surface area contributed by atoms with E-state index >= 15 is 0 Å². The summed E-state index contributed by atoms with van der Waals surface area (Å²) in [4.78, 5) is 15.3. The van der Waals surface area contributed by atoms with Gasteiger partial charge < -0.3 is 4.74 Å². The Morgan fingerprint density at radius 2 is 2.00 bits per heavy atom. The van der Waals surface area contributed by atoms with E-state index in [2.05, 4.69) is 9.72 Å². The maximum atomic E-state index is 14.7. The van der Waals surface area contributed by atoms with Crippen LogP contribution >= 0.6 is 34.8 Å². The number of esters is 1. The van der Waals surface area contributed by atoms with Crippen molar-refractivity contribution in [3.63, 3.8) is 0 Å². The summed E-state index contributed by atoms with van der Waals surface area (Å²) < 4.78 is 58.3. The minimum atomic E-state index is -4.65. The molecule has 2 rings (SSSR count). The number of methoxy groups -OCH3 is 1. The number of alkyl halides is 5. The van der Waals surface area contributed by atoms with Gasteiger partial charge in [0, 0.05) is 11.8 Å². The molecule has 10 heteroatoms. The molecule has 1 aliphatic carbocycles. The molecule has 0 spiro atoms. The van der Waals surface area contributed by atoms with Gasteiger partial charge in [0.25, 0.3) is 0 Å². The highest BCUT2D eigenvalue weighted by Crippen LogP contribution is 2.39. The van der Waals surface area contributed by atoms with Crippen LogP contribution in [0.15, 0.2) is 35.8 Å². The molecule has 1 aliphatic rings. The van der Waals surface area contributed by atoms with Crippen LogP contribution in [0, 0.1) is 6.92 Å². The maximum absolute atomic E-state index is 14.7. The van der Waals surface area contributed by atoms with E-state index in [9.17, 15) is 22.4 Å². The van der Waals surface area contributed by atoms with Gasteiger partial charge in [-0.3, -0.25) is 9.78 Å². The number of hydrogen-bond donors (Lipinski definition) is 0. The number of allylic oxidation sites excluding steroid dienone is 6. The molecule has 1 aromatic heterocycles. The van der Waals surface area contributed by atoms with Crippen molar-refractivity contribution in [2.45, 2.75) is 30.3 Å². The summed E-state index contributed by atoms with van der Waals surface area (Å²) >= 11 is 18.1. The van der Waals surface area contributed by atoms with Crippen LogP contribution in [0.1, 0.15) is 23.2 Å². The molecular weight excluding hydrogens is 445 g/mol. The zero-order valence-electron chi connectivity index (χ0n) is 14.6. The molecule has 1 aromatic rings. The second-order valence-corrected chi connectivity index (χ2v) is 7.32. The van der Waals surface area contributed by atoms with Crippen LogP contribution in [0.5, 0.6) is 0 Å². The Bertz CT molecular complexity index is 878. The van der Waals surface area contributed by atoms with Gasteiger partial charge in [-0.05, 0) is 36.6 Å². The highest BCUT2D eigenvalue weighted by Gasteiger charge is 2.35. The monoisotopic (exact) mass is 457 g/mol. The predicted octanol–water partition coefficient (Wildman–Crippen LogP) is 6.02. The average Bonchev–Trinajstić information content (AvgIpc) is 2.72. The lowest BCUT2D eigenvalue weighted by Gasteiger charge is -2.15. The number of rotatable bonds is 4. The van der Waals surface area contributed by atoms with Crippen LogP contribution < -0.4 is 0 Å². The molecule has 0 N–H and O–H groups in total. The third kappa shape index (κ3) is 5.07. The smallest absolute Gasteiger partial charge is 0.418 e. The van der Waals surface area contributed by atoms with E-state index in [4.69, 9.17) is 34.8 Å². The molecule has 3 nitrogen and oxygen atoms in total. The van der Waals surface area contributed by atoms with Crippen molar-refractivity contribution < 1.29 is 27.1 Å². The predicted molar refractivity (Wildman–Crippen MR) is 100 cm³/mol. The molecule has 0 fully saturated rings. The van der Waals surface area contributed by atoms with Crippen LogP contribution in [-0.2, 0) is 15.7 Å². The third-order valence-corrected chi connectivity index (χ3v) is 5.01.